The fourth-order valence-corrected chi connectivity index (χ4v) is 2.72. The fourth-order valence-electron chi connectivity index (χ4n) is 2.72. The van der Waals surface area contributed by atoms with Gasteiger partial charge in [-0.05, 0) is 43.6 Å². The van der Waals surface area contributed by atoms with Gasteiger partial charge in [0.05, 0.1) is 12.8 Å². The molecule has 1 aromatic rings. The molecule has 6 heteroatoms. The normalized spacial score (nSPS) is 25.4. The summed E-state index contributed by atoms with van der Waals surface area (Å²) in [4.78, 5) is 4.37. The molecule has 2 heterocycles. The van der Waals surface area contributed by atoms with Gasteiger partial charge in [-0.1, -0.05) is 12.1 Å². The number of hydrogen-bond donors (Lipinski definition) is 4. The molecule has 1 atom stereocenters. The van der Waals surface area contributed by atoms with Gasteiger partial charge in [-0.15, -0.1) is 0 Å². The predicted octanol–water partition coefficient (Wildman–Crippen LogP) is 0.219. The molecule has 0 aromatic heterocycles. The third-order valence-electron chi connectivity index (χ3n) is 3.85. The molecule has 1 aromatic carbocycles. The van der Waals surface area contributed by atoms with E-state index in [1.165, 1.54) is 0 Å². The SMILES string of the molecule is COc1cccc(C2=CC(N)(CC3CNC3)NC(N)=N2)c1. The van der Waals surface area contributed by atoms with Gasteiger partial charge in [0, 0.05) is 5.56 Å². The summed E-state index contributed by atoms with van der Waals surface area (Å²) in [6.07, 6.45) is 2.78. The molecule has 3 rings (SSSR count). The van der Waals surface area contributed by atoms with Crippen molar-refractivity contribution < 1.29 is 4.74 Å². The highest BCUT2D eigenvalue weighted by atomic mass is 16.5. The second-order valence-electron chi connectivity index (χ2n) is 5.65. The van der Waals surface area contributed by atoms with Crippen LogP contribution in [0.25, 0.3) is 5.70 Å². The Labute approximate surface area is 124 Å². The smallest absolute Gasteiger partial charge is 0.195 e. The molecule has 112 valence electrons. The van der Waals surface area contributed by atoms with E-state index in [1.54, 1.807) is 7.11 Å². The van der Waals surface area contributed by atoms with Crippen LogP contribution in [0, 0.1) is 5.92 Å². The minimum Gasteiger partial charge on any atom is -0.497 e. The van der Waals surface area contributed by atoms with E-state index in [1.807, 2.05) is 30.3 Å². The quantitative estimate of drug-likeness (QED) is 0.635. The largest absolute Gasteiger partial charge is 0.497 e. The molecular weight excluding hydrogens is 266 g/mol. The van der Waals surface area contributed by atoms with Gasteiger partial charge in [-0.2, -0.15) is 0 Å². The van der Waals surface area contributed by atoms with Crippen molar-refractivity contribution >= 4 is 11.7 Å². The van der Waals surface area contributed by atoms with Crippen molar-refractivity contribution in [2.75, 3.05) is 20.2 Å². The summed E-state index contributed by atoms with van der Waals surface area (Å²) >= 11 is 0. The fraction of sp³-hybridized carbons (Fsp3) is 0.400. The van der Waals surface area contributed by atoms with E-state index in [-0.39, 0.29) is 0 Å². The van der Waals surface area contributed by atoms with Crippen molar-refractivity contribution in [3.8, 4) is 5.75 Å². The zero-order valence-electron chi connectivity index (χ0n) is 12.1. The molecule has 0 amide bonds. The van der Waals surface area contributed by atoms with Gasteiger partial charge in [-0.3, -0.25) is 0 Å². The maximum absolute atomic E-state index is 6.45. The lowest BCUT2D eigenvalue weighted by molar-refractivity contribution is 0.264. The van der Waals surface area contributed by atoms with Gasteiger partial charge < -0.3 is 26.8 Å². The molecule has 1 unspecified atom stereocenters. The Bertz CT molecular complexity index is 593. The van der Waals surface area contributed by atoms with Crippen molar-refractivity contribution in [1.82, 2.24) is 10.6 Å². The lowest BCUT2D eigenvalue weighted by Gasteiger charge is -2.38. The molecule has 0 aliphatic carbocycles. The van der Waals surface area contributed by atoms with E-state index >= 15 is 0 Å². The second-order valence-corrected chi connectivity index (χ2v) is 5.65. The third-order valence-corrected chi connectivity index (χ3v) is 3.85. The second kappa shape index (κ2) is 5.38. The van der Waals surface area contributed by atoms with Crippen molar-refractivity contribution in [1.29, 1.82) is 0 Å². The molecule has 0 spiro atoms. The highest BCUT2D eigenvalue weighted by Crippen LogP contribution is 2.27. The van der Waals surface area contributed by atoms with E-state index < -0.39 is 5.66 Å². The van der Waals surface area contributed by atoms with E-state index in [0.29, 0.717) is 11.9 Å². The number of methoxy groups -OCH3 is 1. The lowest BCUT2D eigenvalue weighted by Crippen LogP contribution is -2.61. The lowest BCUT2D eigenvalue weighted by atomic mass is 9.89. The van der Waals surface area contributed by atoms with E-state index in [0.717, 1.165) is 36.5 Å². The topological polar surface area (TPSA) is 97.7 Å². The van der Waals surface area contributed by atoms with Gasteiger partial charge in [0.2, 0.25) is 0 Å². The molecule has 0 bridgehead atoms. The first-order valence-corrected chi connectivity index (χ1v) is 7.07. The minimum absolute atomic E-state index is 0.352. The predicted molar refractivity (Wildman–Crippen MR) is 83.6 cm³/mol. The molecule has 6 nitrogen and oxygen atoms in total. The van der Waals surface area contributed by atoms with E-state index in [9.17, 15) is 0 Å². The summed E-state index contributed by atoms with van der Waals surface area (Å²) in [6.45, 7) is 2.00. The van der Waals surface area contributed by atoms with Crippen molar-refractivity contribution in [2.45, 2.75) is 12.1 Å². The van der Waals surface area contributed by atoms with Crippen LogP contribution < -0.4 is 26.8 Å². The number of nitrogens with zero attached hydrogens (tertiary/aromatic N) is 1. The summed E-state index contributed by atoms with van der Waals surface area (Å²) in [5.41, 5.74) is 13.4. The molecule has 1 saturated heterocycles. The van der Waals surface area contributed by atoms with Crippen LogP contribution in [0.3, 0.4) is 0 Å². The minimum atomic E-state index is -0.656. The van der Waals surface area contributed by atoms with Crippen LogP contribution in [0.2, 0.25) is 0 Å². The van der Waals surface area contributed by atoms with Crippen molar-refractivity contribution in [2.24, 2.45) is 22.4 Å². The van der Waals surface area contributed by atoms with Gasteiger partial charge in [-0.25, -0.2) is 4.99 Å². The third kappa shape index (κ3) is 3.01. The summed E-state index contributed by atoms with van der Waals surface area (Å²) in [5.74, 6) is 1.70. The van der Waals surface area contributed by atoms with Crippen LogP contribution in [0.5, 0.6) is 5.75 Å². The number of guanidine groups is 1. The summed E-state index contributed by atoms with van der Waals surface area (Å²) < 4.78 is 5.25. The number of rotatable bonds is 4. The molecule has 21 heavy (non-hydrogen) atoms. The molecular formula is C15H21N5O. The van der Waals surface area contributed by atoms with E-state index in [2.05, 4.69) is 15.6 Å². The highest BCUT2D eigenvalue weighted by Gasteiger charge is 2.33. The first kappa shape index (κ1) is 13.9. The zero-order chi connectivity index (χ0) is 14.9. The Balaban J connectivity index is 1.89. The summed E-state index contributed by atoms with van der Waals surface area (Å²) in [7, 11) is 1.64. The Morgan fingerprint density at radius 1 is 1.43 bits per heavy atom. The van der Waals surface area contributed by atoms with Crippen LogP contribution in [-0.2, 0) is 0 Å². The highest BCUT2D eigenvalue weighted by molar-refractivity contribution is 5.88. The Morgan fingerprint density at radius 3 is 2.90 bits per heavy atom. The zero-order valence-corrected chi connectivity index (χ0v) is 12.1. The molecule has 0 radical (unpaired) electrons. The number of nitrogens with two attached hydrogens (primary N) is 2. The van der Waals surface area contributed by atoms with Crippen molar-refractivity contribution in [3.63, 3.8) is 0 Å². The Hall–Kier alpha value is -2.05. The molecule has 2 aliphatic rings. The first-order valence-electron chi connectivity index (χ1n) is 7.07. The average Bonchev–Trinajstić information content (AvgIpc) is 2.42. The Morgan fingerprint density at radius 2 is 2.24 bits per heavy atom. The monoisotopic (exact) mass is 287 g/mol. The van der Waals surface area contributed by atoms with Crippen LogP contribution in [-0.4, -0.2) is 31.8 Å². The molecule has 6 N–H and O–H groups in total. The van der Waals surface area contributed by atoms with Crippen LogP contribution in [0.1, 0.15) is 12.0 Å². The Kier molecular flexibility index (Phi) is 3.57. The standard InChI is InChI=1S/C15H21N5O/c1-21-12-4-2-3-11(5-12)13-7-15(17,20-14(16)19-13)6-10-8-18-9-10/h2-5,7,10,18H,6,8-9,17H2,1H3,(H3,16,19,20). The summed E-state index contributed by atoms with van der Waals surface area (Å²) in [6, 6.07) is 7.73. The van der Waals surface area contributed by atoms with Gasteiger partial charge in [0.25, 0.3) is 0 Å². The summed E-state index contributed by atoms with van der Waals surface area (Å²) in [5, 5.41) is 6.35. The van der Waals surface area contributed by atoms with Gasteiger partial charge in [0.15, 0.2) is 5.96 Å². The molecule has 0 saturated carbocycles. The number of aliphatic imine (C=N–C) groups is 1. The van der Waals surface area contributed by atoms with Crippen LogP contribution >= 0.6 is 0 Å². The van der Waals surface area contributed by atoms with Gasteiger partial charge in [0.1, 0.15) is 11.4 Å². The number of ether oxygens (including phenoxy) is 1. The number of hydrogen-bond acceptors (Lipinski definition) is 6. The van der Waals surface area contributed by atoms with Crippen molar-refractivity contribution in [3.05, 3.63) is 35.9 Å². The van der Waals surface area contributed by atoms with Gasteiger partial charge >= 0.3 is 0 Å². The number of benzene rings is 1. The number of nitrogens with one attached hydrogen (secondary N) is 2. The van der Waals surface area contributed by atoms with Crippen LogP contribution in [0.15, 0.2) is 35.3 Å². The maximum atomic E-state index is 6.45. The molecule has 1 fully saturated rings. The van der Waals surface area contributed by atoms with Crippen LogP contribution in [0.4, 0.5) is 0 Å². The average molecular weight is 287 g/mol. The molecule has 2 aliphatic heterocycles. The maximum Gasteiger partial charge on any atom is 0.195 e. The van der Waals surface area contributed by atoms with E-state index in [4.69, 9.17) is 16.2 Å². The first-order chi connectivity index (χ1) is 10.1.